The quantitative estimate of drug-likeness (QED) is 0.625. The maximum Gasteiger partial charge on any atom is 0.307 e. The van der Waals surface area contributed by atoms with E-state index in [0.717, 1.165) is 11.1 Å². The van der Waals surface area contributed by atoms with Crippen molar-refractivity contribution >= 4 is 5.97 Å². The van der Waals surface area contributed by atoms with Gasteiger partial charge in [0.2, 0.25) is 0 Å². The van der Waals surface area contributed by atoms with Gasteiger partial charge in [-0.25, -0.2) is 0 Å². The zero-order valence-electron chi connectivity index (χ0n) is 10.4. The van der Waals surface area contributed by atoms with Crippen LogP contribution in [0, 0.1) is 0 Å². The predicted molar refractivity (Wildman–Crippen MR) is 67.4 cm³/mol. The highest BCUT2D eigenvalue weighted by Crippen LogP contribution is 2.09. The Morgan fingerprint density at radius 1 is 1.39 bits per heavy atom. The second-order valence-corrected chi connectivity index (χ2v) is 4.08. The van der Waals surface area contributed by atoms with Crippen LogP contribution in [0.15, 0.2) is 24.3 Å². The van der Waals surface area contributed by atoms with Crippen LogP contribution >= 0.6 is 0 Å². The first-order valence-electron chi connectivity index (χ1n) is 5.79. The lowest BCUT2D eigenvalue weighted by molar-refractivity contribution is -0.136. The molecule has 0 radical (unpaired) electrons. The summed E-state index contributed by atoms with van der Waals surface area (Å²) in [5.74, 6) is -0.845. The minimum Gasteiger partial charge on any atom is -0.481 e. The van der Waals surface area contributed by atoms with E-state index in [-0.39, 0.29) is 13.0 Å². The number of carboxylic acid groups (broad SMARTS) is 1. The van der Waals surface area contributed by atoms with E-state index in [2.05, 4.69) is 5.32 Å². The number of aliphatic hydroxyl groups excluding tert-OH is 1. The Morgan fingerprint density at radius 2 is 2.06 bits per heavy atom. The van der Waals surface area contributed by atoms with E-state index in [1.165, 1.54) is 7.11 Å². The summed E-state index contributed by atoms with van der Waals surface area (Å²) in [6.07, 6.45) is -0.542. The third-order valence-corrected chi connectivity index (χ3v) is 2.51. The monoisotopic (exact) mass is 253 g/mol. The molecule has 0 spiro atoms. The molecule has 0 heterocycles. The van der Waals surface area contributed by atoms with Gasteiger partial charge in [-0.1, -0.05) is 24.3 Å². The molecular formula is C13H19NO4. The van der Waals surface area contributed by atoms with E-state index in [1.54, 1.807) is 6.07 Å². The predicted octanol–water partition coefficient (Wildman–Crippen LogP) is 0.411. The Morgan fingerprint density at radius 3 is 2.67 bits per heavy atom. The van der Waals surface area contributed by atoms with Gasteiger partial charge in [0.1, 0.15) is 0 Å². The maximum absolute atomic E-state index is 10.7. The van der Waals surface area contributed by atoms with Crippen molar-refractivity contribution in [2.75, 3.05) is 20.3 Å². The topological polar surface area (TPSA) is 78.8 Å². The average molecular weight is 253 g/mol. The van der Waals surface area contributed by atoms with E-state index < -0.39 is 12.1 Å². The van der Waals surface area contributed by atoms with Crippen LogP contribution in [0.1, 0.15) is 11.1 Å². The van der Waals surface area contributed by atoms with Gasteiger partial charge < -0.3 is 20.3 Å². The Kier molecular flexibility index (Phi) is 6.35. The van der Waals surface area contributed by atoms with Crippen LogP contribution in [0.25, 0.3) is 0 Å². The second kappa shape index (κ2) is 7.81. The first-order chi connectivity index (χ1) is 8.63. The highest BCUT2D eigenvalue weighted by atomic mass is 16.5. The molecule has 5 heteroatoms. The zero-order chi connectivity index (χ0) is 13.4. The SMILES string of the molecule is COCC(O)CNCc1ccccc1CC(=O)O. The summed E-state index contributed by atoms with van der Waals surface area (Å²) in [5.41, 5.74) is 1.73. The summed E-state index contributed by atoms with van der Waals surface area (Å²) >= 11 is 0. The lowest BCUT2D eigenvalue weighted by Gasteiger charge is -2.12. The molecule has 1 rings (SSSR count). The summed E-state index contributed by atoms with van der Waals surface area (Å²) in [4.78, 5) is 10.7. The smallest absolute Gasteiger partial charge is 0.307 e. The Bertz CT molecular complexity index is 381. The summed E-state index contributed by atoms with van der Waals surface area (Å²) in [6, 6.07) is 7.38. The number of carbonyl (C=O) groups is 1. The molecule has 1 unspecified atom stereocenters. The Balaban J connectivity index is 2.48. The molecule has 3 N–H and O–H groups in total. The summed E-state index contributed by atoms with van der Waals surface area (Å²) in [6.45, 7) is 1.23. The highest BCUT2D eigenvalue weighted by molar-refractivity contribution is 5.70. The van der Waals surface area contributed by atoms with Crippen LogP contribution in [-0.4, -0.2) is 42.5 Å². The van der Waals surface area contributed by atoms with Gasteiger partial charge in [0, 0.05) is 20.2 Å². The van der Waals surface area contributed by atoms with E-state index in [9.17, 15) is 9.90 Å². The molecule has 100 valence electrons. The molecule has 0 saturated heterocycles. The van der Waals surface area contributed by atoms with Crippen molar-refractivity contribution in [3.05, 3.63) is 35.4 Å². The van der Waals surface area contributed by atoms with Crippen LogP contribution in [-0.2, 0) is 22.5 Å². The van der Waals surface area contributed by atoms with Gasteiger partial charge in [-0.2, -0.15) is 0 Å². The molecule has 0 aliphatic carbocycles. The number of methoxy groups -OCH3 is 1. The molecule has 0 fully saturated rings. The summed E-state index contributed by atoms with van der Waals surface area (Å²) in [5, 5.41) is 21.3. The number of aliphatic hydroxyl groups is 1. The number of benzene rings is 1. The van der Waals surface area contributed by atoms with Crippen molar-refractivity contribution in [3.63, 3.8) is 0 Å². The first-order valence-corrected chi connectivity index (χ1v) is 5.79. The zero-order valence-corrected chi connectivity index (χ0v) is 10.4. The maximum atomic E-state index is 10.7. The summed E-state index contributed by atoms with van der Waals surface area (Å²) in [7, 11) is 1.53. The standard InChI is InChI=1S/C13H19NO4/c1-18-9-12(15)8-14-7-11-5-3-2-4-10(11)6-13(16)17/h2-5,12,14-15H,6-9H2,1H3,(H,16,17). The van der Waals surface area contributed by atoms with Crippen LogP contribution in [0.5, 0.6) is 0 Å². The fourth-order valence-corrected chi connectivity index (χ4v) is 1.69. The Labute approximate surface area is 106 Å². The number of hydrogen-bond donors (Lipinski definition) is 3. The molecule has 0 bridgehead atoms. The van der Waals surface area contributed by atoms with Gasteiger partial charge in [-0.05, 0) is 11.1 Å². The molecule has 1 aromatic rings. The van der Waals surface area contributed by atoms with E-state index in [0.29, 0.717) is 13.1 Å². The van der Waals surface area contributed by atoms with Crippen LogP contribution in [0.3, 0.4) is 0 Å². The fourth-order valence-electron chi connectivity index (χ4n) is 1.69. The van der Waals surface area contributed by atoms with E-state index in [1.807, 2.05) is 18.2 Å². The lowest BCUT2D eigenvalue weighted by atomic mass is 10.0. The van der Waals surface area contributed by atoms with Crippen molar-refractivity contribution in [2.45, 2.75) is 19.1 Å². The summed E-state index contributed by atoms with van der Waals surface area (Å²) < 4.78 is 4.82. The lowest BCUT2D eigenvalue weighted by Crippen LogP contribution is -2.30. The highest BCUT2D eigenvalue weighted by Gasteiger charge is 2.07. The molecule has 0 aromatic heterocycles. The molecule has 0 aliphatic heterocycles. The van der Waals surface area contributed by atoms with E-state index >= 15 is 0 Å². The largest absolute Gasteiger partial charge is 0.481 e. The van der Waals surface area contributed by atoms with Gasteiger partial charge >= 0.3 is 5.97 Å². The average Bonchev–Trinajstić information content (AvgIpc) is 2.31. The van der Waals surface area contributed by atoms with Gasteiger partial charge in [0.15, 0.2) is 0 Å². The minimum atomic E-state index is -0.845. The minimum absolute atomic E-state index is 0.0124. The fraction of sp³-hybridized carbons (Fsp3) is 0.462. The van der Waals surface area contributed by atoms with Crippen LogP contribution in [0.4, 0.5) is 0 Å². The number of hydrogen-bond acceptors (Lipinski definition) is 4. The molecule has 5 nitrogen and oxygen atoms in total. The number of nitrogens with one attached hydrogen (secondary N) is 1. The third-order valence-electron chi connectivity index (χ3n) is 2.51. The number of carboxylic acids is 1. The van der Waals surface area contributed by atoms with Crippen LogP contribution < -0.4 is 5.32 Å². The van der Waals surface area contributed by atoms with Gasteiger partial charge in [-0.15, -0.1) is 0 Å². The molecule has 18 heavy (non-hydrogen) atoms. The second-order valence-electron chi connectivity index (χ2n) is 4.08. The first kappa shape index (κ1) is 14.6. The van der Waals surface area contributed by atoms with Crippen LogP contribution in [0.2, 0.25) is 0 Å². The molecule has 1 aromatic carbocycles. The normalized spacial score (nSPS) is 12.3. The number of rotatable bonds is 8. The number of aliphatic carboxylic acids is 1. The number of ether oxygens (including phenoxy) is 1. The molecule has 0 saturated carbocycles. The van der Waals surface area contributed by atoms with Gasteiger partial charge in [0.25, 0.3) is 0 Å². The van der Waals surface area contributed by atoms with E-state index in [4.69, 9.17) is 9.84 Å². The Hall–Kier alpha value is -1.43. The molecule has 0 aliphatic rings. The van der Waals surface area contributed by atoms with Gasteiger partial charge in [0.05, 0.1) is 19.1 Å². The van der Waals surface area contributed by atoms with Crippen molar-refractivity contribution < 1.29 is 19.7 Å². The van der Waals surface area contributed by atoms with Crippen molar-refractivity contribution in [1.29, 1.82) is 0 Å². The molecule has 0 amide bonds. The third kappa shape index (κ3) is 5.27. The van der Waals surface area contributed by atoms with Crippen molar-refractivity contribution in [3.8, 4) is 0 Å². The molecular weight excluding hydrogens is 234 g/mol. The molecule has 1 atom stereocenters. The van der Waals surface area contributed by atoms with Gasteiger partial charge in [-0.3, -0.25) is 4.79 Å². The van der Waals surface area contributed by atoms with Crippen molar-refractivity contribution in [2.24, 2.45) is 0 Å². The van der Waals surface area contributed by atoms with Crippen molar-refractivity contribution in [1.82, 2.24) is 5.32 Å².